The van der Waals surface area contributed by atoms with Crippen molar-refractivity contribution in [3.05, 3.63) is 60.7 Å². The minimum absolute atomic E-state index is 0.103. The van der Waals surface area contributed by atoms with Crippen molar-refractivity contribution >= 4 is 24.8 Å². The molecule has 0 N–H and O–H groups in total. The van der Waals surface area contributed by atoms with E-state index in [1.807, 2.05) is 36.4 Å². The third kappa shape index (κ3) is 6.35. The molecule has 0 aliphatic carbocycles. The van der Waals surface area contributed by atoms with Gasteiger partial charge in [-0.05, 0) is 49.0 Å². The number of carbonyl (C=O) groups is 1. The summed E-state index contributed by atoms with van der Waals surface area (Å²) in [6.07, 6.45) is -1.42. The topological polar surface area (TPSA) is 62.6 Å². The Morgan fingerprint density at radius 1 is 1.00 bits per heavy atom. The summed E-state index contributed by atoms with van der Waals surface area (Å²) in [6, 6.07) is 22.3. The maximum Gasteiger partial charge on any atom is 0.410 e. The maximum atomic E-state index is 14.9. The molecule has 2 aromatic carbocycles. The van der Waals surface area contributed by atoms with Crippen LogP contribution in [-0.4, -0.2) is 50.3 Å². The van der Waals surface area contributed by atoms with E-state index in [0.717, 1.165) is 10.4 Å². The zero-order chi connectivity index (χ0) is 26.6. The van der Waals surface area contributed by atoms with Crippen LogP contribution in [0.2, 0.25) is 5.04 Å². The molecule has 3 rings (SSSR count). The first-order valence-electron chi connectivity index (χ1n) is 12.7. The first kappa shape index (κ1) is 27.9. The van der Waals surface area contributed by atoms with Crippen LogP contribution in [0.5, 0.6) is 0 Å². The molecule has 5 nitrogen and oxygen atoms in total. The predicted octanol–water partition coefficient (Wildman–Crippen LogP) is 5.44. The monoisotopic (exact) mass is 510 g/mol. The Hall–Kier alpha value is -2.69. The fraction of sp³-hybridized carbons (Fsp3) is 0.517. The summed E-state index contributed by atoms with van der Waals surface area (Å²) in [4.78, 5) is 14.6. The van der Waals surface area contributed by atoms with Crippen LogP contribution >= 0.6 is 0 Å². The van der Waals surface area contributed by atoms with E-state index >= 15 is 0 Å². The molecule has 0 spiro atoms. The van der Waals surface area contributed by atoms with Crippen molar-refractivity contribution < 1.29 is 18.3 Å². The van der Waals surface area contributed by atoms with Crippen LogP contribution in [0, 0.1) is 17.2 Å². The van der Waals surface area contributed by atoms with Gasteiger partial charge in [0.25, 0.3) is 8.32 Å². The van der Waals surface area contributed by atoms with Crippen LogP contribution < -0.4 is 10.4 Å². The summed E-state index contributed by atoms with van der Waals surface area (Å²) in [5, 5.41) is 11.7. The van der Waals surface area contributed by atoms with Crippen LogP contribution in [-0.2, 0) is 9.16 Å². The van der Waals surface area contributed by atoms with Crippen LogP contribution in [0.1, 0.15) is 54.4 Å². The van der Waals surface area contributed by atoms with Gasteiger partial charge in [0.1, 0.15) is 11.8 Å². The molecular weight excluding hydrogens is 471 g/mol. The lowest BCUT2D eigenvalue weighted by atomic mass is 9.98. The molecule has 2 aromatic rings. The summed E-state index contributed by atoms with van der Waals surface area (Å²) in [7, 11) is -2.87. The van der Waals surface area contributed by atoms with Crippen LogP contribution in [0.4, 0.5) is 9.18 Å². The second-order valence-corrected chi connectivity index (χ2v) is 16.0. The summed E-state index contributed by atoms with van der Waals surface area (Å²) < 4.78 is 27.6. The van der Waals surface area contributed by atoms with Crippen molar-refractivity contribution in [3.63, 3.8) is 0 Å². The van der Waals surface area contributed by atoms with E-state index in [-0.39, 0.29) is 24.6 Å². The summed E-state index contributed by atoms with van der Waals surface area (Å²) in [5.41, 5.74) is -0.715. The van der Waals surface area contributed by atoms with Gasteiger partial charge in [-0.2, -0.15) is 5.26 Å². The van der Waals surface area contributed by atoms with Crippen molar-refractivity contribution in [2.45, 2.75) is 77.2 Å². The van der Waals surface area contributed by atoms with Gasteiger partial charge >= 0.3 is 6.09 Å². The molecule has 1 heterocycles. The van der Waals surface area contributed by atoms with Gasteiger partial charge in [0.15, 0.2) is 0 Å². The van der Waals surface area contributed by atoms with Gasteiger partial charge in [-0.25, -0.2) is 9.18 Å². The molecule has 0 radical (unpaired) electrons. The summed E-state index contributed by atoms with van der Waals surface area (Å²) >= 11 is 0. The van der Waals surface area contributed by atoms with Gasteiger partial charge in [-0.1, -0.05) is 81.4 Å². The maximum absolute atomic E-state index is 14.9. The minimum Gasteiger partial charge on any atom is -0.444 e. The number of likely N-dealkylation sites (tertiary alicyclic amines) is 1. The number of amides is 1. The molecule has 0 saturated carbocycles. The summed E-state index contributed by atoms with van der Waals surface area (Å²) in [5.74, 6) is -0.500. The van der Waals surface area contributed by atoms with Crippen molar-refractivity contribution in [2.75, 3.05) is 13.2 Å². The number of alkyl halides is 1. The van der Waals surface area contributed by atoms with Crippen LogP contribution in [0.3, 0.4) is 0 Å². The van der Waals surface area contributed by atoms with Gasteiger partial charge in [0.05, 0.1) is 31.2 Å². The normalized spacial score (nSPS) is 21.4. The van der Waals surface area contributed by atoms with E-state index in [0.29, 0.717) is 6.42 Å². The van der Waals surface area contributed by atoms with Crippen molar-refractivity contribution in [3.8, 4) is 6.07 Å². The highest BCUT2D eigenvalue weighted by Gasteiger charge is 2.51. The standard InChI is InChI=1S/C29H39FN2O3Si/c1-28(2,3)35-27(33)32-20-23(30)17-22(19-31)18-24(32)21-34-36(29(4,5)6,25-13-9-7-10-14-25)26-15-11-8-12-16-26/h7-16,22-24H,17-18,20-21H2,1-6H3/t22-,23?,24+/m1/s1. The Morgan fingerprint density at radius 3 is 1.97 bits per heavy atom. The highest BCUT2D eigenvalue weighted by atomic mass is 28.4. The van der Waals surface area contributed by atoms with E-state index in [2.05, 4.69) is 51.1 Å². The highest BCUT2D eigenvalue weighted by Crippen LogP contribution is 2.37. The zero-order valence-corrected chi connectivity index (χ0v) is 23.3. The van der Waals surface area contributed by atoms with Gasteiger partial charge in [-0.15, -0.1) is 0 Å². The van der Waals surface area contributed by atoms with E-state index < -0.39 is 38.1 Å². The zero-order valence-electron chi connectivity index (χ0n) is 22.3. The van der Waals surface area contributed by atoms with E-state index in [1.165, 1.54) is 4.90 Å². The third-order valence-corrected chi connectivity index (χ3v) is 11.7. The summed E-state index contributed by atoms with van der Waals surface area (Å²) in [6.45, 7) is 12.0. The predicted molar refractivity (Wildman–Crippen MR) is 144 cm³/mol. The largest absolute Gasteiger partial charge is 0.444 e. The second-order valence-electron chi connectivity index (χ2n) is 11.7. The number of benzene rings is 2. The quantitative estimate of drug-likeness (QED) is 0.503. The Labute approximate surface area is 216 Å². The first-order valence-corrected chi connectivity index (χ1v) is 14.6. The lowest BCUT2D eigenvalue weighted by Gasteiger charge is -2.44. The molecule has 1 saturated heterocycles. The van der Waals surface area contributed by atoms with Crippen LogP contribution in [0.15, 0.2) is 60.7 Å². The molecule has 0 aromatic heterocycles. The van der Waals surface area contributed by atoms with Gasteiger partial charge in [-0.3, -0.25) is 4.90 Å². The van der Waals surface area contributed by atoms with Gasteiger partial charge < -0.3 is 9.16 Å². The molecule has 194 valence electrons. The number of carbonyl (C=O) groups excluding carboxylic acids is 1. The third-order valence-electron chi connectivity index (χ3n) is 6.65. The Kier molecular flexibility index (Phi) is 8.63. The molecule has 1 unspecified atom stereocenters. The Balaban J connectivity index is 2.05. The fourth-order valence-corrected chi connectivity index (χ4v) is 9.69. The average Bonchev–Trinajstić information content (AvgIpc) is 2.97. The smallest absolute Gasteiger partial charge is 0.410 e. The molecule has 3 atom stereocenters. The fourth-order valence-electron chi connectivity index (χ4n) is 5.09. The van der Waals surface area contributed by atoms with E-state index in [1.54, 1.807) is 20.8 Å². The van der Waals surface area contributed by atoms with Gasteiger partial charge in [0, 0.05) is 0 Å². The number of rotatable bonds is 5. The molecule has 36 heavy (non-hydrogen) atoms. The van der Waals surface area contributed by atoms with Crippen molar-refractivity contribution in [2.24, 2.45) is 5.92 Å². The van der Waals surface area contributed by atoms with Gasteiger partial charge in [0.2, 0.25) is 0 Å². The first-order chi connectivity index (χ1) is 16.9. The molecule has 0 bridgehead atoms. The number of hydrogen-bond acceptors (Lipinski definition) is 4. The van der Waals surface area contributed by atoms with E-state index in [9.17, 15) is 14.4 Å². The number of hydrogen-bond donors (Lipinski definition) is 0. The second kappa shape index (κ2) is 11.1. The number of halogens is 1. The average molecular weight is 511 g/mol. The number of nitrogens with zero attached hydrogens (tertiary/aromatic N) is 2. The molecule has 1 amide bonds. The molecule has 1 fully saturated rings. The van der Waals surface area contributed by atoms with Crippen molar-refractivity contribution in [1.29, 1.82) is 5.26 Å². The van der Waals surface area contributed by atoms with E-state index in [4.69, 9.17) is 9.16 Å². The van der Waals surface area contributed by atoms with Crippen molar-refractivity contribution in [1.82, 2.24) is 4.90 Å². The van der Waals surface area contributed by atoms with Crippen LogP contribution in [0.25, 0.3) is 0 Å². The number of ether oxygens (including phenoxy) is 1. The molecule has 1 aliphatic heterocycles. The lowest BCUT2D eigenvalue weighted by Crippen LogP contribution is -2.67. The Bertz CT molecular complexity index is 1000. The minimum atomic E-state index is -2.87. The Morgan fingerprint density at radius 2 is 1.53 bits per heavy atom. The molecule has 7 heteroatoms. The lowest BCUT2D eigenvalue weighted by molar-refractivity contribution is 0.00664. The molecular formula is C29H39FN2O3Si. The number of nitriles is 1. The SMILES string of the molecule is CC(C)(C)OC(=O)N1CC(F)C[C@@H](C#N)C[C@H]1CO[Si](c1ccccc1)(c1ccccc1)C(C)(C)C. The highest BCUT2D eigenvalue weighted by molar-refractivity contribution is 6.99. The molecule has 1 aliphatic rings.